The number of carbonyl (C=O) groups excluding carboxylic acids is 1. The summed E-state index contributed by atoms with van der Waals surface area (Å²) in [6.45, 7) is 6.82. The lowest BCUT2D eigenvalue weighted by Gasteiger charge is -2.23. The summed E-state index contributed by atoms with van der Waals surface area (Å²) in [5.41, 5.74) is 4.93. The number of hydrogen-bond donors (Lipinski definition) is 0. The molecule has 8 heteroatoms. The van der Waals surface area contributed by atoms with Crippen LogP contribution in [0.25, 0.3) is 11.3 Å². The van der Waals surface area contributed by atoms with Crippen LogP contribution in [0.2, 0.25) is 0 Å². The van der Waals surface area contributed by atoms with Crippen LogP contribution in [-0.4, -0.2) is 51.9 Å². The molecular formula is C22H22FN5OS. The molecule has 2 aromatic heterocycles. The molecule has 0 bridgehead atoms. The van der Waals surface area contributed by atoms with Crippen LogP contribution in [0, 0.1) is 31.5 Å². The van der Waals surface area contributed by atoms with E-state index >= 15 is 0 Å². The summed E-state index contributed by atoms with van der Waals surface area (Å²) in [5.74, 6) is 0.702. The summed E-state index contributed by atoms with van der Waals surface area (Å²) in [6.07, 6.45) is 0. The van der Waals surface area contributed by atoms with Crippen LogP contribution in [0.3, 0.4) is 0 Å². The fourth-order valence-corrected chi connectivity index (χ4v) is 5.18. The predicted octanol–water partition coefficient (Wildman–Crippen LogP) is 3.56. The Morgan fingerprint density at radius 2 is 1.80 bits per heavy atom. The van der Waals surface area contributed by atoms with Crippen LogP contribution in [0.1, 0.15) is 21.7 Å². The lowest BCUT2D eigenvalue weighted by molar-refractivity contribution is 0.0778. The maximum Gasteiger partial charge on any atom is 0.257 e. The number of benzene rings is 1. The Morgan fingerprint density at radius 1 is 1.10 bits per heavy atom. The molecule has 0 spiro atoms. The van der Waals surface area contributed by atoms with E-state index in [2.05, 4.69) is 19.9 Å². The topological polar surface area (TPSA) is 62.2 Å². The van der Waals surface area contributed by atoms with Crippen molar-refractivity contribution in [1.29, 1.82) is 0 Å². The third-order valence-electron chi connectivity index (χ3n) is 5.96. The van der Waals surface area contributed by atoms with Crippen molar-refractivity contribution in [3.63, 3.8) is 0 Å². The van der Waals surface area contributed by atoms with E-state index in [4.69, 9.17) is 0 Å². The average Bonchev–Trinajstić information content (AvgIpc) is 3.43. The summed E-state index contributed by atoms with van der Waals surface area (Å²) < 4.78 is 14.7. The zero-order valence-electron chi connectivity index (χ0n) is 16.9. The van der Waals surface area contributed by atoms with Gasteiger partial charge in [-0.05, 0) is 26.0 Å². The number of hydrogen-bond acceptors (Lipinski definition) is 6. The number of fused-ring (bicyclic) bond motifs is 1. The smallest absolute Gasteiger partial charge is 0.257 e. The van der Waals surface area contributed by atoms with E-state index in [1.54, 1.807) is 22.5 Å². The van der Waals surface area contributed by atoms with Gasteiger partial charge in [-0.25, -0.2) is 19.3 Å². The van der Waals surface area contributed by atoms with Crippen molar-refractivity contribution in [2.45, 2.75) is 13.8 Å². The molecular weight excluding hydrogens is 401 g/mol. The van der Waals surface area contributed by atoms with E-state index in [0.717, 1.165) is 30.4 Å². The summed E-state index contributed by atoms with van der Waals surface area (Å²) in [6, 6.07) is 6.71. The molecule has 2 aliphatic rings. The van der Waals surface area contributed by atoms with Gasteiger partial charge in [0, 0.05) is 60.3 Å². The maximum absolute atomic E-state index is 14.7. The average molecular weight is 424 g/mol. The van der Waals surface area contributed by atoms with Gasteiger partial charge in [0.15, 0.2) is 0 Å². The first-order valence-electron chi connectivity index (χ1n) is 10.0. The number of aromatic nitrogens is 3. The predicted molar refractivity (Wildman–Crippen MR) is 114 cm³/mol. The number of nitrogens with zero attached hydrogens (tertiary/aromatic N) is 5. The second-order valence-electron chi connectivity index (χ2n) is 8.12. The Hall–Kier alpha value is -2.87. The molecule has 2 atom stereocenters. The molecule has 2 saturated heterocycles. The highest BCUT2D eigenvalue weighted by molar-refractivity contribution is 7.07. The molecule has 1 amide bonds. The van der Waals surface area contributed by atoms with Gasteiger partial charge >= 0.3 is 0 Å². The Balaban J connectivity index is 1.35. The first-order chi connectivity index (χ1) is 14.5. The number of anilines is 1. The fraction of sp³-hybridized carbons (Fsp3) is 0.364. The Morgan fingerprint density at radius 3 is 2.43 bits per heavy atom. The van der Waals surface area contributed by atoms with Gasteiger partial charge in [0.1, 0.15) is 5.82 Å². The minimum Gasteiger partial charge on any atom is -0.340 e. The van der Waals surface area contributed by atoms with Crippen molar-refractivity contribution < 1.29 is 9.18 Å². The number of thiazole rings is 1. The molecule has 154 valence electrons. The van der Waals surface area contributed by atoms with Gasteiger partial charge in [-0.1, -0.05) is 12.1 Å². The van der Waals surface area contributed by atoms with Crippen LogP contribution >= 0.6 is 11.3 Å². The molecule has 30 heavy (non-hydrogen) atoms. The molecule has 0 saturated carbocycles. The van der Waals surface area contributed by atoms with Crippen molar-refractivity contribution >= 4 is 23.2 Å². The van der Waals surface area contributed by atoms with E-state index < -0.39 is 5.82 Å². The Labute approximate surface area is 178 Å². The standard InChI is InChI=1S/C22H22FN5OS/c1-13-6-14(2)26-22(25-13)28-9-15-7-27(8-16(15)10-28)21(29)20-17(4-3-5-18(20)23)19-11-30-12-24-19/h3-6,11-12,15-16H,7-10H2,1-2H3. The maximum atomic E-state index is 14.7. The second kappa shape index (κ2) is 7.43. The Bertz CT molecular complexity index is 1070. The van der Waals surface area contributed by atoms with Gasteiger partial charge < -0.3 is 9.80 Å². The first kappa shape index (κ1) is 19.1. The summed E-state index contributed by atoms with van der Waals surface area (Å²) in [4.78, 5) is 30.7. The van der Waals surface area contributed by atoms with Gasteiger partial charge in [0.2, 0.25) is 5.95 Å². The monoisotopic (exact) mass is 423 g/mol. The highest BCUT2D eigenvalue weighted by Crippen LogP contribution is 2.35. The van der Waals surface area contributed by atoms with Crippen LogP contribution in [0.4, 0.5) is 10.3 Å². The van der Waals surface area contributed by atoms with E-state index in [0.29, 0.717) is 36.2 Å². The van der Waals surface area contributed by atoms with Crippen molar-refractivity contribution in [2.24, 2.45) is 11.8 Å². The molecule has 0 aliphatic carbocycles. The minimum atomic E-state index is -0.493. The number of likely N-dealkylation sites (tertiary alicyclic amines) is 1. The second-order valence-corrected chi connectivity index (χ2v) is 8.84. The number of carbonyl (C=O) groups is 1. The summed E-state index contributed by atoms with van der Waals surface area (Å²) in [5, 5.41) is 1.84. The van der Waals surface area contributed by atoms with Gasteiger partial charge in [-0.3, -0.25) is 4.79 Å². The molecule has 4 heterocycles. The van der Waals surface area contributed by atoms with Gasteiger partial charge in [-0.2, -0.15) is 0 Å². The van der Waals surface area contributed by atoms with Crippen LogP contribution in [0.15, 0.2) is 35.2 Å². The van der Waals surface area contributed by atoms with Crippen LogP contribution < -0.4 is 4.90 Å². The lowest BCUT2D eigenvalue weighted by atomic mass is 10.0. The Kier molecular flexibility index (Phi) is 4.73. The molecule has 3 aromatic rings. The fourth-order valence-electron chi connectivity index (χ4n) is 4.63. The van der Waals surface area contributed by atoms with E-state index in [9.17, 15) is 9.18 Å². The summed E-state index contributed by atoms with van der Waals surface area (Å²) >= 11 is 1.43. The normalized spacial score (nSPS) is 20.6. The molecule has 2 aliphatic heterocycles. The highest BCUT2D eigenvalue weighted by Gasteiger charge is 2.43. The highest BCUT2D eigenvalue weighted by atomic mass is 32.1. The van der Waals surface area contributed by atoms with Crippen molar-refractivity contribution in [3.05, 3.63) is 57.9 Å². The SMILES string of the molecule is Cc1cc(C)nc(N2CC3CN(C(=O)c4c(F)cccc4-c4cscn4)CC3C2)n1. The molecule has 6 nitrogen and oxygen atoms in total. The van der Waals surface area contributed by atoms with Gasteiger partial charge in [0.05, 0.1) is 16.8 Å². The molecule has 5 rings (SSSR count). The number of amides is 1. The number of halogens is 1. The van der Waals surface area contributed by atoms with E-state index in [-0.39, 0.29) is 11.5 Å². The number of aryl methyl sites for hydroxylation is 2. The molecule has 2 unspecified atom stereocenters. The van der Waals surface area contributed by atoms with Crippen LogP contribution in [-0.2, 0) is 0 Å². The largest absolute Gasteiger partial charge is 0.340 e. The molecule has 1 aromatic carbocycles. The van der Waals surface area contributed by atoms with Gasteiger partial charge in [-0.15, -0.1) is 11.3 Å². The third kappa shape index (κ3) is 3.35. The summed E-state index contributed by atoms with van der Waals surface area (Å²) in [7, 11) is 0. The zero-order valence-corrected chi connectivity index (χ0v) is 17.7. The molecule has 0 radical (unpaired) electrons. The first-order valence-corrected chi connectivity index (χ1v) is 11.0. The zero-order chi connectivity index (χ0) is 20.8. The van der Waals surface area contributed by atoms with Crippen molar-refractivity contribution in [2.75, 3.05) is 31.1 Å². The van der Waals surface area contributed by atoms with Crippen molar-refractivity contribution in [3.8, 4) is 11.3 Å². The van der Waals surface area contributed by atoms with E-state index in [1.807, 2.05) is 25.3 Å². The minimum absolute atomic E-state index is 0.123. The van der Waals surface area contributed by atoms with E-state index in [1.165, 1.54) is 17.4 Å². The quantitative estimate of drug-likeness (QED) is 0.645. The molecule has 0 N–H and O–H groups in total. The number of rotatable bonds is 3. The third-order valence-corrected chi connectivity index (χ3v) is 6.55. The van der Waals surface area contributed by atoms with Gasteiger partial charge in [0.25, 0.3) is 5.91 Å². The van der Waals surface area contributed by atoms with Crippen LogP contribution in [0.5, 0.6) is 0 Å². The van der Waals surface area contributed by atoms with Crippen molar-refractivity contribution in [1.82, 2.24) is 19.9 Å². The lowest BCUT2D eigenvalue weighted by Crippen LogP contribution is -2.34. The molecule has 2 fully saturated rings.